The quantitative estimate of drug-likeness (QED) is 0.0603. The first-order valence-corrected chi connectivity index (χ1v) is 17.8. The second-order valence-electron chi connectivity index (χ2n) is 11.8. The third-order valence-corrected chi connectivity index (χ3v) is 7.51. The average Bonchev–Trinajstić information content (AvgIpc) is 3.05. The smallest absolute Gasteiger partial charge is 0.326 e. The van der Waals surface area contributed by atoms with Gasteiger partial charge in [-0.05, 0) is 19.3 Å². The predicted molar refractivity (Wildman–Crippen MR) is 181 cm³/mol. The molecule has 0 aromatic carbocycles. The molecule has 0 aromatic heterocycles. The second-order valence-corrected chi connectivity index (χ2v) is 11.8. The van der Waals surface area contributed by atoms with Crippen molar-refractivity contribution in [3.8, 4) is 0 Å². The van der Waals surface area contributed by atoms with Crippen LogP contribution in [0.4, 0.5) is 0 Å². The normalized spacial score (nSPS) is 11.6. The molecule has 0 heterocycles. The van der Waals surface area contributed by atoms with E-state index in [0.29, 0.717) is 32.8 Å². The predicted octanol–water partition coefficient (Wildman–Crippen LogP) is 3.59. The van der Waals surface area contributed by atoms with Crippen LogP contribution in [0, 0.1) is 0 Å². The van der Waals surface area contributed by atoms with Gasteiger partial charge in [0.25, 0.3) is 0 Å². The average molecular weight is 690 g/mol. The molecule has 14 heteroatoms. The minimum absolute atomic E-state index is 0.00423. The molecule has 280 valence electrons. The zero-order valence-electron chi connectivity index (χ0n) is 29.2. The number of nitrogens with one attached hydrogen (secondary N) is 3. The number of amides is 3. The maximum absolute atomic E-state index is 12.3. The molecule has 1 unspecified atom stereocenters. The van der Waals surface area contributed by atoms with Crippen molar-refractivity contribution in [2.75, 3.05) is 66.4 Å². The molecule has 0 aliphatic rings. The van der Waals surface area contributed by atoms with Gasteiger partial charge in [0.1, 0.15) is 12.6 Å². The van der Waals surface area contributed by atoms with Crippen molar-refractivity contribution >= 4 is 29.7 Å². The lowest BCUT2D eigenvalue weighted by Gasteiger charge is -2.14. The number of aliphatic carboxylic acids is 2. The Labute approximate surface area is 286 Å². The summed E-state index contributed by atoms with van der Waals surface area (Å²) in [6, 6.07) is -1.12. The highest BCUT2D eigenvalue weighted by Gasteiger charge is 2.20. The Morgan fingerprint density at radius 1 is 0.521 bits per heavy atom. The van der Waals surface area contributed by atoms with Crippen LogP contribution in [0.5, 0.6) is 0 Å². The molecular formula is C34H63N3O11. The number of carboxylic acid groups (broad SMARTS) is 2. The van der Waals surface area contributed by atoms with Gasteiger partial charge in [0.2, 0.25) is 17.7 Å². The zero-order chi connectivity index (χ0) is 35.5. The maximum atomic E-state index is 12.3. The molecule has 0 aromatic rings. The number of hydrogen-bond donors (Lipinski definition) is 5. The number of carbonyl (C=O) groups excluding carboxylic acids is 3. The summed E-state index contributed by atoms with van der Waals surface area (Å²) in [5.74, 6) is -2.78. The van der Waals surface area contributed by atoms with Gasteiger partial charge < -0.3 is 45.1 Å². The first-order valence-electron chi connectivity index (χ1n) is 17.8. The summed E-state index contributed by atoms with van der Waals surface area (Å²) >= 11 is 0. The third-order valence-electron chi connectivity index (χ3n) is 7.51. The van der Waals surface area contributed by atoms with Gasteiger partial charge in [-0.25, -0.2) is 4.79 Å². The summed E-state index contributed by atoms with van der Waals surface area (Å²) < 4.78 is 20.7. The Balaban J connectivity index is 3.67. The van der Waals surface area contributed by atoms with Crippen molar-refractivity contribution in [2.45, 2.75) is 122 Å². The van der Waals surface area contributed by atoms with E-state index in [2.05, 4.69) is 16.0 Å². The fourth-order valence-electron chi connectivity index (χ4n) is 4.78. The fourth-order valence-corrected chi connectivity index (χ4v) is 4.78. The summed E-state index contributed by atoms with van der Waals surface area (Å²) in [5.41, 5.74) is 0. The molecule has 48 heavy (non-hydrogen) atoms. The highest BCUT2D eigenvalue weighted by atomic mass is 16.5. The molecule has 1 atom stereocenters. The summed E-state index contributed by atoms with van der Waals surface area (Å²) in [5, 5.41) is 25.9. The topological polar surface area (TPSA) is 199 Å². The molecule has 14 nitrogen and oxygen atoms in total. The van der Waals surface area contributed by atoms with E-state index in [1.54, 1.807) is 7.11 Å². The maximum Gasteiger partial charge on any atom is 0.326 e. The molecule has 0 radical (unpaired) electrons. The molecule has 0 aliphatic carbocycles. The zero-order valence-corrected chi connectivity index (χ0v) is 29.2. The molecule has 0 spiro atoms. The van der Waals surface area contributed by atoms with E-state index in [0.717, 1.165) is 38.5 Å². The van der Waals surface area contributed by atoms with Crippen LogP contribution in [-0.4, -0.2) is 112 Å². The third kappa shape index (κ3) is 33.1. The summed E-state index contributed by atoms with van der Waals surface area (Å²) in [6.45, 7) is 2.59. The molecular weight excluding hydrogens is 626 g/mol. The Kier molecular flexibility index (Phi) is 32.1. The van der Waals surface area contributed by atoms with E-state index < -0.39 is 18.0 Å². The van der Waals surface area contributed by atoms with E-state index >= 15 is 0 Å². The van der Waals surface area contributed by atoms with Crippen LogP contribution in [0.25, 0.3) is 0 Å². The van der Waals surface area contributed by atoms with Crippen molar-refractivity contribution in [3.63, 3.8) is 0 Å². The number of unbranched alkanes of at least 4 members (excludes halogenated alkanes) is 13. The molecule has 0 saturated carbocycles. The van der Waals surface area contributed by atoms with E-state index in [9.17, 15) is 29.1 Å². The van der Waals surface area contributed by atoms with Crippen molar-refractivity contribution < 1.29 is 53.1 Å². The van der Waals surface area contributed by atoms with Crippen LogP contribution in [-0.2, 0) is 42.9 Å². The Hall–Kier alpha value is -2.81. The second kappa shape index (κ2) is 34.1. The van der Waals surface area contributed by atoms with Crippen LogP contribution in [0.3, 0.4) is 0 Å². The van der Waals surface area contributed by atoms with Gasteiger partial charge in [-0.2, -0.15) is 0 Å². The molecule has 3 amide bonds. The van der Waals surface area contributed by atoms with Crippen LogP contribution >= 0.6 is 0 Å². The first kappa shape index (κ1) is 45.2. The number of carboxylic acids is 2. The van der Waals surface area contributed by atoms with E-state index in [-0.39, 0.29) is 76.4 Å². The number of rotatable bonds is 36. The summed E-state index contributed by atoms with van der Waals surface area (Å²) in [4.78, 5) is 58.1. The van der Waals surface area contributed by atoms with Crippen LogP contribution in [0.1, 0.15) is 116 Å². The largest absolute Gasteiger partial charge is 0.481 e. The van der Waals surface area contributed by atoms with Crippen LogP contribution < -0.4 is 16.0 Å². The van der Waals surface area contributed by atoms with Gasteiger partial charge in [-0.1, -0.05) is 77.0 Å². The van der Waals surface area contributed by atoms with Gasteiger partial charge in [-0.15, -0.1) is 0 Å². The lowest BCUT2D eigenvalue weighted by Crippen LogP contribution is -2.41. The number of methoxy groups -OCH3 is 1. The molecule has 0 aliphatic heterocycles. The van der Waals surface area contributed by atoms with Gasteiger partial charge in [0.05, 0.1) is 39.6 Å². The Morgan fingerprint density at radius 3 is 1.48 bits per heavy atom. The Bertz CT molecular complexity index is 845. The van der Waals surface area contributed by atoms with E-state index in [4.69, 9.17) is 24.1 Å². The number of hydrogen-bond acceptors (Lipinski definition) is 9. The Morgan fingerprint density at radius 2 is 0.979 bits per heavy atom. The van der Waals surface area contributed by atoms with E-state index in [1.165, 1.54) is 44.9 Å². The SMILES string of the molecule is COCCOCCNC(=O)COCCOCCNC(=O)CCC(NC(=O)CCCCCCCCCCCCCCCCC(=O)O)C(=O)O. The highest BCUT2D eigenvalue weighted by Crippen LogP contribution is 2.14. The number of ether oxygens (including phenoxy) is 4. The number of carbonyl (C=O) groups is 5. The van der Waals surface area contributed by atoms with Gasteiger partial charge >= 0.3 is 11.9 Å². The monoisotopic (exact) mass is 689 g/mol. The summed E-state index contributed by atoms with van der Waals surface area (Å²) in [7, 11) is 1.59. The lowest BCUT2D eigenvalue weighted by molar-refractivity contribution is -0.142. The summed E-state index contributed by atoms with van der Waals surface area (Å²) in [6.07, 6.45) is 15.7. The lowest BCUT2D eigenvalue weighted by atomic mass is 10.0. The molecule has 0 fully saturated rings. The van der Waals surface area contributed by atoms with Crippen molar-refractivity contribution in [1.29, 1.82) is 0 Å². The minimum Gasteiger partial charge on any atom is -0.481 e. The molecule has 0 bridgehead atoms. The molecule has 0 rings (SSSR count). The van der Waals surface area contributed by atoms with Gasteiger partial charge in [0.15, 0.2) is 0 Å². The van der Waals surface area contributed by atoms with E-state index in [1.807, 2.05) is 0 Å². The van der Waals surface area contributed by atoms with Gasteiger partial charge in [-0.3, -0.25) is 19.2 Å². The molecule has 5 N–H and O–H groups in total. The standard InChI is InChI=1S/C34H63N3O11/c1-45-24-25-46-23-21-36-32(40)28-48-27-26-47-22-20-35-30(38)19-18-29(34(43)44)37-31(39)16-14-12-10-8-6-4-2-3-5-7-9-11-13-15-17-33(41)42/h29H,2-28H2,1H3,(H,35,38)(H,36,40)(H,37,39)(H,41,42)(H,43,44). The van der Waals surface area contributed by atoms with Crippen LogP contribution in [0.2, 0.25) is 0 Å². The van der Waals surface area contributed by atoms with Crippen LogP contribution in [0.15, 0.2) is 0 Å². The fraction of sp³-hybridized carbons (Fsp3) is 0.853. The van der Waals surface area contributed by atoms with Crippen molar-refractivity contribution in [1.82, 2.24) is 16.0 Å². The van der Waals surface area contributed by atoms with Crippen molar-refractivity contribution in [3.05, 3.63) is 0 Å². The van der Waals surface area contributed by atoms with Gasteiger partial charge in [0, 0.05) is 39.5 Å². The minimum atomic E-state index is -1.17. The molecule has 0 saturated heterocycles. The highest BCUT2D eigenvalue weighted by molar-refractivity contribution is 5.84. The first-order chi connectivity index (χ1) is 23.3. The van der Waals surface area contributed by atoms with Crippen molar-refractivity contribution in [2.24, 2.45) is 0 Å².